The largest absolute Gasteiger partial charge is 0.352 e. The van der Waals surface area contributed by atoms with Crippen LogP contribution in [0.3, 0.4) is 0 Å². The van der Waals surface area contributed by atoms with Gasteiger partial charge in [0.15, 0.2) is 5.82 Å². The predicted octanol–water partition coefficient (Wildman–Crippen LogP) is 3.88. The summed E-state index contributed by atoms with van der Waals surface area (Å²) >= 11 is 6.27. The van der Waals surface area contributed by atoms with E-state index in [-0.39, 0.29) is 59.4 Å². The molecule has 3 aromatic rings. The SMILES string of the molecule is CCNC(=O)c1cccc(F)c1Nc1nc(Nc2ccc3c(c2)CNC(=O)CCN3C(C)=O)ncc1Cl. The van der Waals surface area contributed by atoms with E-state index in [0.29, 0.717) is 17.9 Å². The van der Waals surface area contributed by atoms with Crippen LogP contribution in [0.1, 0.15) is 36.2 Å². The Morgan fingerprint density at radius 2 is 2.03 bits per heavy atom. The van der Waals surface area contributed by atoms with E-state index < -0.39 is 11.7 Å². The maximum atomic E-state index is 14.7. The Hall–Kier alpha value is -4.25. The number of aromatic nitrogens is 2. The molecule has 12 heteroatoms. The minimum absolute atomic E-state index is 0.0684. The summed E-state index contributed by atoms with van der Waals surface area (Å²) < 4.78 is 14.7. The second kappa shape index (κ2) is 11.2. The summed E-state index contributed by atoms with van der Waals surface area (Å²) in [5.74, 6) is -1.15. The van der Waals surface area contributed by atoms with Crippen LogP contribution in [0.15, 0.2) is 42.6 Å². The number of para-hydroxylation sites is 1. The fourth-order valence-electron chi connectivity index (χ4n) is 3.87. The smallest absolute Gasteiger partial charge is 0.253 e. The van der Waals surface area contributed by atoms with E-state index in [1.807, 2.05) is 0 Å². The van der Waals surface area contributed by atoms with Gasteiger partial charge >= 0.3 is 0 Å². The second-order valence-electron chi connectivity index (χ2n) is 8.20. The van der Waals surface area contributed by atoms with E-state index in [4.69, 9.17) is 11.6 Å². The van der Waals surface area contributed by atoms with E-state index >= 15 is 0 Å². The van der Waals surface area contributed by atoms with Gasteiger partial charge in [0.05, 0.1) is 17.4 Å². The number of benzene rings is 2. The molecule has 0 atom stereocenters. The third kappa shape index (κ3) is 5.95. The summed E-state index contributed by atoms with van der Waals surface area (Å²) in [6.45, 7) is 4.13. The highest BCUT2D eigenvalue weighted by Crippen LogP contribution is 2.30. The van der Waals surface area contributed by atoms with Gasteiger partial charge < -0.3 is 26.2 Å². The third-order valence-electron chi connectivity index (χ3n) is 5.63. The van der Waals surface area contributed by atoms with Crippen molar-refractivity contribution in [3.8, 4) is 0 Å². The van der Waals surface area contributed by atoms with Crippen LogP contribution in [-0.2, 0) is 16.1 Å². The molecule has 10 nitrogen and oxygen atoms in total. The third-order valence-corrected chi connectivity index (χ3v) is 5.90. The van der Waals surface area contributed by atoms with Crippen LogP contribution in [0.2, 0.25) is 5.02 Å². The molecule has 0 saturated carbocycles. The molecule has 4 N–H and O–H groups in total. The number of nitrogens with zero attached hydrogens (tertiary/aromatic N) is 3. The van der Waals surface area contributed by atoms with E-state index in [2.05, 4.69) is 31.2 Å². The summed E-state index contributed by atoms with van der Waals surface area (Å²) in [7, 11) is 0. The first-order chi connectivity index (χ1) is 17.8. The van der Waals surface area contributed by atoms with Crippen LogP contribution in [0.25, 0.3) is 0 Å². The number of carbonyl (C=O) groups excluding carboxylic acids is 3. The topological polar surface area (TPSA) is 128 Å². The van der Waals surface area contributed by atoms with Crippen molar-refractivity contribution < 1.29 is 18.8 Å². The van der Waals surface area contributed by atoms with Gasteiger partial charge in [0.2, 0.25) is 17.8 Å². The van der Waals surface area contributed by atoms with Crippen LogP contribution in [-0.4, -0.2) is 40.8 Å². The van der Waals surface area contributed by atoms with Gasteiger partial charge in [-0.15, -0.1) is 0 Å². The zero-order valence-corrected chi connectivity index (χ0v) is 20.9. The summed E-state index contributed by atoms with van der Waals surface area (Å²) in [4.78, 5) is 46.6. The zero-order valence-electron chi connectivity index (χ0n) is 20.2. The Morgan fingerprint density at radius 1 is 1.22 bits per heavy atom. The molecule has 0 saturated heterocycles. The van der Waals surface area contributed by atoms with Crippen LogP contribution in [0.5, 0.6) is 0 Å². The van der Waals surface area contributed by atoms with Gasteiger partial charge in [0, 0.05) is 44.4 Å². The van der Waals surface area contributed by atoms with Crippen LogP contribution >= 0.6 is 11.6 Å². The molecule has 0 unspecified atom stereocenters. The molecule has 1 aromatic heterocycles. The number of hydrogen-bond acceptors (Lipinski definition) is 7. The lowest BCUT2D eigenvalue weighted by atomic mass is 10.1. The molecule has 1 aliphatic heterocycles. The first kappa shape index (κ1) is 25.8. The fourth-order valence-corrected chi connectivity index (χ4v) is 4.01. The standard InChI is InChI=1S/C25H25ClFN7O3/c1-3-28-24(37)17-5-4-6-19(27)22(17)32-23-18(26)13-30-25(33-23)31-16-7-8-20-15(11-16)12-29-21(36)9-10-34(20)14(2)35/h4-8,11,13H,3,9-10,12H2,1-2H3,(H,28,37)(H,29,36)(H2,30,31,32,33). The Morgan fingerprint density at radius 3 is 2.78 bits per heavy atom. The molecule has 4 rings (SSSR count). The molecule has 37 heavy (non-hydrogen) atoms. The average Bonchev–Trinajstić information content (AvgIpc) is 2.85. The lowest BCUT2D eigenvalue weighted by Gasteiger charge is -2.27. The number of carbonyl (C=O) groups is 3. The van der Waals surface area contributed by atoms with E-state index in [1.165, 1.54) is 31.3 Å². The highest BCUT2D eigenvalue weighted by atomic mass is 35.5. The summed E-state index contributed by atoms with van der Waals surface area (Å²) in [5, 5.41) is 11.5. The Kier molecular flexibility index (Phi) is 7.83. The molecule has 0 spiro atoms. The van der Waals surface area contributed by atoms with Gasteiger partial charge in [-0.2, -0.15) is 4.98 Å². The highest BCUT2D eigenvalue weighted by Gasteiger charge is 2.21. The number of fused-ring (bicyclic) bond motifs is 1. The molecule has 3 amide bonds. The van der Waals surface area contributed by atoms with E-state index in [9.17, 15) is 18.8 Å². The van der Waals surface area contributed by atoms with Crippen LogP contribution in [0.4, 0.5) is 33.2 Å². The van der Waals surface area contributed by atoms with Gasteiger partial charge in [0.1, 0.15) is 10.8 Å². The quantitative estimate of drug-likeness (QED) is 0.384. The fraction of sp³-hybridized carbons (Fsp3) is 0.240. The van der Waals surface area contributed by atoms with Gasteiger partial charge in [-0.25, -0.2) is 9.37 Å². The van der Waals surface area contributed by atoms with E-state index in [0.717, 1.165) is 5.56 Å². The minimum atomic E-state index is -0.647. The predicted molar refractivity (Wildman–Crippen MR) is 139 cm³/mol. The minimum Gasteiger partial charge on any atom is -0.352 e. The van der Waals surface area contributed by atoms with Gasteiger partial charge in [-0.3, -0.25) is 14.4 Å². The highest BCUT2D eigenvalue weighted by molar-refractivity contribution is 6.33. The lowest BCUT2D eigenvalue weighted by molar-refractivity contribution is -0.121. The van der Waals surface area contributed by atoms with Crippen molar-refractivity contribution in [1.82, 2.24) is 20.6 Å². The van der Waals surface area contributed by atoms with E-state index in [1.54, 1.807) is 30.0 Å². The summed E-state index contributed by atoms with van der Waals surface area (Å²) in [5.41, 5.74) is 2.07. The van der Waals surface area contributed by atoms with Crippen molar-refractivity contribution in [2.24, 2.45) is 0 Å². The van der Waals surface area contributed by atoms with Crippen molar-refractivity contribution in [3.05, 3.63) is 64.6 Å². The monoisotopic (exact) mass is 525 g/mol. The maximum Gasteiger partial charge on any atom is 0.253 e. The number of halogens is 2. The molecule has 2 aromatic carbocycles. The molecule has 0 radical (unpaired) electrons. The van der Waals surface area contributed by atoms with Gasteiger partial charge in [-0.05, 0) is 42.8 Å². The lowest BCUT2D eigenvalue weighted by Crippen LogP contribution is -2.37. The first-order valence-corrected chi connectivity index (χ1v) is 12.0. The Labute approximate surface area is 217 Å². The number of rotatable bonds is 6. The number of amides is 3. The molecule has 2 heterocycles. The Bertz CT molecular complexity index is 1370. The van der Waals surface area contributed by atoms with Crippen molar-refractivity contribution >= 4 is 58.2 Å². The average molecular weight is 526 g/mol. The molecule has 0 bridgehead atoms. The van der Waals surface area contributed by atoms with Crippen LogP contribution in [0, 0.1) is 5.82 Å². The van der Waals surface area contributed by atoms with Crippen molar-refractivity contribution in [2.45, 2.75) is 26.8 Å². The molecular formula is C25H25ClFN7O3. The number of hydrogen-bond donors (Lipinski definition) is 4. The van der Waals surface area contributed by atoms with Crippen molar-refractivity contribution in [1.29, 1.82) is 0 Å². The molecule has 0 fully saturated rings. The molecule has 1 aliphatic rings. The molecule has 0 aliphatic carbocycles. The Balaban J connectivity index is 1.62. The van der Waals surface area contributed by atoms with Gasteiger partial charge in [-0.1, -0.05) is 17.7 Å². The number of anilines is 5. The summed E-state index contributed by atoms with van der Waals surface area (Å²) in [6, 6.07) is 9.48. The molecule has 192 valence electrons. The second-order valence-corrected chi connectivity index (χ2v) is 8.61. The van der Waals surface area contributed by atoms with Gasteiger partial charge in [0.25, 0.3) is 5.91 Å². The van der Waals surface area contributed by atoms with Crippen molar-refractivity contribution in [2.75, 3.05) is 28.6 Å². The zero-order chi connectivity index (χ0) is 26.5. The maximum absolute atomic E-state index is 14.7. The van der Waals surface area contributed by atoms with Crippen LogP contribution < -0.4 is 26.2 Å². The normalized spacial score (nSPS) is 13.1. The first-order valence-electron chi connectivity index (χ1n) is 11.6. The van der Waals surface area contributed by atoms with Crippen molar-refractivity contribution in [3.63, 3.8) is 0 Å². The summed E-state index contributed by atoms with van der Waals surface area (Å²) in [6.07, 6.45) is 1.56. The number of nitrogens with one attached hydrogen (secondary N) is 4. The molecular weight excluding hydrogens is 501 g/mol.